The van der Waals surface area contributed by atoms with Crippen LogP contribution in [0.15, 0.2) is 60.0 Å². The maximum atomic E-state index is 13.7. The number of benzene rings is 2. The molecule has 2 aliphatic heterocycles. The molecule has 0 saturated carbocycles. The molecule has 1 saturated heterocycles. The van der Waals surface area contributed by atoms with Gasteiger partial charge in [0.15, 0.2) is 0 Å². The first-order valence-corrected chi connectivity index (χ1v) is 15.5. The van der Waals surface area contributed by atoms with Crippen molar-refractivity contribution in [3.8, 4) is 10.4 Å². The fourth-order valence-corrected chi connectivity index (χ4v) is 7.86. The quantitative estimate of drug-likeness (QED) is 0.262. The first-order chi connectivity index (χ1) is 20.0. The molecule has 4 heterocycles. The first kappa shape index (κ1) is 26.1. The number of hydrogen-bond donors (Lipinski definition) is 1. The molecular weight excluding hydrogens is 533 g/mol. The number of nitrogens with zero attached hydrogens (tertiary/aromatic N) is 2. The lowest BCUT2D eigenvalue weighted by Gasteiger charge is -2.17. The summed E-state index contributed by atoms with van der Waals surface area (Å²) in [6, 6.07) is 16.9. The number of aryl methyl sites for hydroxylation is 3. The highest BCUT2D eigenvalue weighted by Gasteiger charge is 2.44. The second-order valence-electron chi connectivity index (χ2n) is 11.3. The van der Waals surface area contributed by atoms with Crippen LogP contribution >= 0.6 is 11.3 Å². The molecule has 1 fully saturated rings. The van der Waals surface area contributed by atoms with E-state index in [2.05, 4.69) is 24.4 Å². The van der Waals surface area contributed by atoms with Gasteiger partial charge in [0.25, 0.3) is 11.8 Å². The number of aromatic nitrogens is 1. The van der Waals surface area contributed by atoms with Crippen LogP contribution in [0, 0.1) is 5.82 Å². The Morgan fingerprint density at radius 2 is 1.93 bits per heavy atom. The van der Waals surface area contributed by atoms with Crippen molar-refractivity contribution in [2.45, 2.75) is 64.0 Å². The fraction of sp³-hybridized carbons (Fsp3) is 0.324. The lowest BCUT2D eigenvalue weighted by molar-refractivity contribution is 0.0776. The Morgan fingerprint density at radius 1 is 1.10 bits per heavy atom. The second kappa shape index (κ2) is 10.5. The van der Waals surface area contributed by atoms with Crippen molar-refractivity contribution in [2.24, 2.45) is 0 Å². The summed E-state index contributed by atoms with van der Waals surface area (Å²) in [4.78, 5) is 35.2. The van der Waals surface area contributed by atoms with Gasteiger partial charge in [-0.25, -0.2) is 4.39 Å². The van der Waals surface area contributed by atoms with Gasteiger partial charge in [-0.2, -0.15) is 0 Å². The zero-order chi connectivity index (χ0) is 28.1. The minimum Gasteiger partial charge on any atom is -0.345 e. The number of halogens is 1. The normalized spacial score (nSPS) is 18.9. The molecule has 5 nitrogen and oxygen atoms in total. The maximum Gasteiger partial charge on any atom is 0.257 e. The monoisotopic (exact) mass is 565 g/mol. The van der Waals surface area contributed by atoms with Gasteiger partial charge in [0, 0.05) is 28.1 Å². The molecule has 7 heteroatoms. The molecule has 0 radical (unpaired) electrons. The molecule has 0 spiro atoms. The maximum absolute atomic E-state index is 13.7. The number of pyridine rings is 1. The predicted molar refractivity (Wildman–Crippen MR) is 159 cm³/mol. The Balaban J connectivity index is 1.24. The van der Waals surface area contributed by atoms with Crippen LogP contribution in [0.3, 0.4) is 0 Å². The van der Waals surface area contributed by atoms with Crippen LogP contribution in [0.4, 0.5) is 4.39 Å². The van der Waals surface area contributed by atoms with Crippen molar-refractivity contribution in [1.82, 2.24) is 15.2 Å². The van der Waals surface area contributed by atoms with E-state index in [9.17, 15) is 14.0 Å². The van der Waals surface area contributed by atoms with Gasteiger partial charge in [0.05, 0.1) is 28.9 Å². The summed E-state index contributed by atoms with van der Waals surface area (Å²) in [7, 11) is 0. The number of rotatable bonds is 7. The third-order valence-corrected chi connectivity index (χ3v) is 9.87. The molecule has 2 amide bonds. The van der Waals surface area contributed by atoms with E-state index >= 15 is 0 Å². The Kier molecular flexibility index (Phi) is 6.70. The largest absolute Gasteiger partial charge is 0.345 e. The van der Waals surface area contributed by atoms with Gasteiger partial charge < -0.3 is 10.2 Å². The molecule has 41 heavy (non-hydrogen) atoms. The van der Waals surface area contributed by atoms with Crippen molar-refractivity contribution in [3.63, 3.8) is 0 Å². The summed E-state index contributed by atoms with van der Waals surface area (Å²) in [5, 5.41) is 5.16. The van der Waals surface area contributed by atoms with E-state index in [-0.39, 0.29) is 29.7 Å². The number of amides is 2. The minimum atomic E-state index is -0.240. The van der Waals surface area contributed by atoms with Gasteiger partial charge in [-0.15, -0.1) is 11.3 Å². The molecule has 3 aliphatic rings. The SMILES string of the molecule is CCc1c(CCc2ccc(F)cc2)nc2c(c1-c1cc(C(=O)NC3CCc4ccccc43)cs1)C(=O)N1CCC[C@@H]21. The van der Waals surface area contributed by atoms with E-state index < -0.39 is 0 Å². The zero-order valence-corrected chi connectivity index (χ0v) is 23.9. The number of thiophene rings is 1. The Bertz CT molecular complexity index is 1660. The van der Waals surface area contributed by atoms with Crippen LogP contribution in [0.2, 0.25) is 0 Å². The summed E-state index contributed by atoms with van der Waals surface area (Å²) >= 11 is 1.52. The summed E-state index contributed by atoms with van der Waals surface area (Å²) in [5.74, 6) is -0.261. The highest BCUT2D eigenvalue weighted by Crippen LogP contribution is 2.47. The zero-order valence-electron chi connectivity index (χ0n) is 23.1. The molecule has 0 bridgehead atoms. The second-order valence-corrected chi connectivity index (χ2v) is 12.2. The number of carbonyl (C=O) groups excluding carboxylic acids is 2. The first-order valence-electron chi connectivity index (χ1n) is 14.6. The fourth-order valence-electron chi connectivity index (χ4n) is 6.90. The van der Waals surface area contributed by atoms with E-state index in [4.69, 9.17) is 4.98 Å². The molecule has 1 aliphatic carbocycles. The van der Waals surface area contributed by atoms with Gasteiger partial charge in [-0.1, -0.05) is 43.3 Å². The molecular formula is C34H32FN3O2S. The predicted octanol–water partition coefficient (Wildman–Crippen LogP) is 7.00. The topological polar surface area (TPSA) is 62.3 Å². The molecule has 7 rings (SSSR count). The van der Waals surface area contributed by atoms with Crippen LogP contribution in [0.25, 0.3) is 10.4 Å². The Labute approximate surface area is 243 Å². The van der Waals surface area contributed by atoms with Crippen LogP contribution in [-0.2, 0) is 25.7 Å². The van der Waals surface area contributed by atoms with Crippen molar-refractivity contribution >= 4 is 23.2 Å². The minimum absolute atomic E-state index is 0.0187. The van der Waals surface area contributed by atoms with Crippen molar-refractivity contribution in [1.29, 1.82) is 0 Å². The van der Waals surface area contributed by atoms with Crippen LogP contribution in [-0.4, -0.2) is 28.2 Å². The lowest BCUT2D eigenvalue weighted by atomic mass is 9.92. The van der Waals surface area contributed by atoms with Gasteiger partial charge in [0.2, 0.25) is 0 Å². The van der Waals surface area contributed by atoms with Crippen LogP contribution in [0.5, 0.6) is 0 Å². The average Bonchev–Trinajstić information content (AvgIpc) is 3.79. The number of fused-ring (bicyclic) bond motifs is 4. The smallest absolute Gasteiger partial charge is 0.257 e. The van der Waals surface area contributed by atoms with E-state index in [1.165, 1.54) is 34.6 Å². The summed E-state index contributed by atoms with van der Waals surface area (Å²) in [6.07, 6.45) is 5.96. The molecule has 2 atom stereocenters. The third kappa shape index (κ3) is 4.56. The van der Waals surface area contributed by atoms with Crippen molar-refractivity contribution in [3.05, 3.63) is 111 Å². The number of hydrogen-bond acceptors (Lipinski definition) is 4. The average molecular weight is 566 g/mol. The van der Waals surface area contributed by atoms with Crippen LogP contribution < -0.4 is 5.32 Å². The van der Waals surface area contributed by atoms with E-state index in [1.54, 1.807) is 0 Å². The number of carbonyl (C=O) groups is 2. The van der Waals surface area contributed by atoms with Gasteiger partial charge in [-0.3, -0.25) is 14.6 Å². The highest BCUT2D eigenvalue weighted by molar-refractivity contribution is 7.14. The number of nitrogens with one attached hydrogen (secondary N) is 1. The molecule has 4 aromatic rings. The Morgan fingerprint density at radius 3 is 2.76 bits per heavy atom. The van der Waals surface area contributed by atoms with E-state index in [0.717, 1.165) is 83.6 Å². The lowest BCUT2D eigenvalue weighted by Crippen LogP contribution is -2.26. The van der Waals surface area contributed by atoms with E-state index in [1.807, 2.05) is 40.6 Å². The van der Waals surface area contributed by atoms with Gasteiger partial charge in [-0.05, 0) is 85.4 Å². The molecule has 2 aromatic heterocycles. The molecule has 2 aromatic carbocycles. The summed E-state index contributed by atoms with van der Waals surface area (Å²) in [5.41, 5.74) is 8.80. The van der Waals surface area contributed by atoms with Crippen molar-refractivity contribution < 1.29 is 14.0 Å². The molecule has 208 valence electrons. The molecule has 1 unspecified atom stereocenters. The van der Waals surface area contributed by atoms with Gasteiger partial charge >= 0.3 is 0 Å². The van der Waals surface area contributed by atoms with Crippen LogP contribution in [0.1, 0.15) is 92.6 Å². The standard InChI is InChI=1S/C34H32FN3O2S/c1-2-24-26(15-11-20-9-13-23(35)14-10-20)36-32-28-8-5-17-38(28)34(40)31(32)30(24)29-18-22(19-41-29)33(39)37-27-16-12-21-6-3-4-7-25(21)27/h3-4,6-7,9-10,13-14,18-19,27-28H,2,5,8,11-12,15-17H2,1H3,(H,37,39)/t27?,28-/m0/s1. The molecule has 1 N–H and O–H groups in total. The Hall–Kier alpha value is -3.84. The third-order valence-electron chi connectivity index (χ3n) is 8.92. The highest BCUT2D eigenvalue weighted by atomic mass is 32.1. The van der Waals surface area contributed by atoms with Crippen molar-refractivity contribution in [2.75, 3.05) is 6.54 Å². The summed E-state index contributed by atoms with van der Waals surface area (Å²) < 4.78 is 13.5. The van der Waals surface area contributed by atoms with Gasteiger partial charge in [0.1, 0.15) is 5.82 Å². The summed E-state index contributed by atoms with van der Waals surface area (Å²) in [6.45, 7) is 2.86. The van der Waals surface area contributed by atoms with E-state index in [0.29, 0.717) is 12.0 Å².